The number of para-hydroxylation sites is 2. The molecular formula is C18H15N5O2. The van der Waals surface area contributed by atoms with E-state index in [0.29, 0.717) is 23.1 Å². The Kier molecular flexibility index (Phi) is 3.25. The number of methoxy groups -OCH3 is 1. The largest absolute Gasteiger partial charge is 0.504 e. The molecule has 0 amide bonds. The Bertz CT molecular complexity index is 1060. The average Bonchev–Trinajstić information content (AvgIpc) is 3.00. The van der Waals surface area contributed by atoms with Crippen LogP contribution in [-0.2, 0) is 0 Å². The van der Waals surface area contributed by atoms with Crippen molar-refractivity contribution < 1.29 is 9.84 Å². The molecule has 25 heavy (non-hydrogen) atoms. The van der Waals surface area contributed by atoms with E-state index in [0.717, 1.165) is 16.6 Å². The number of fused-ring (bicyclic) bond motifs is 3. The molecule has 1 aliphatic rings. The molecule has 7 nitrogen and oxygen atoms in total. The van der Waals surface area contributed by atoms with Crippen LogP contribution in [0.3, 0.4) is 0 Å². The molecule has 1 aliphatic heterocycles. The topological polar surface area (TPSA) is 109 Å². The lowest BCUT2D eigenvalue weighted by atomic mass is 9.97. The number of anilines is 1. The van der Waals surface area contributed by atoms with Gasteiger partial charge in [0, 0.05) is 0 Å². The monoisotopic (exact) mass is 333 g/mol. The number of rotatable bonds is 2. The number of nitriles is 1. The molecule has 124 valence electrons. The van der Waals surface area contributed by atoms with E-state index in [2.05, 4.69) is 16.4 Å². The van der Waals surface area contributed by atoms with Crippen molar-refractivity contribution in [2.75, 3.05) is 12.4 Å². The highest BCUT2D eigenvalue weighted by Gasteiger charge is 2.30. The molecule has 0 saturated carbocycles. The molecular weight excluding hydrogens is 318 g/mol. The maximum Gasteiger partial charge on any atom is 0.210 e. The van der Waals surface area contributed by atoms with Gasteiger partial charge in [0.25, 0.3) is 0 Å². The van der Waals surface area contributed by atoms with Gasteiger partial charge in [-0.25, -0.2) is 4.98 Å². The van der Waals surface area contributed by atoms with Crippen LogP contribution in [0.5, 0.6) is 11.5 Å². The van der Waals surface area contributed by atoms with Gasteiger partial charge >= 0.3 is 0 Å². The molecule has 0 fully saturated rings. The number of aromatic nitrogens is 2. The highest BCUT2D eigenvalue weighted by Crippen LogP contribution is 2.38. The first-order valence-corrected chi connectivity index (χ1v) is 7.65. The molecule has 4 rings (SSSR count). The Morgan fingerprint density at radius 2 is 2.12 bits per heavy atom. The number of phenols is 1. The maximum atomic E-state index is 9.80. The zero-order chi connectivity index (χ0) is 17.6. The molecule has 3 aromatic rings. The summed E-state index contributed by atoms with van der Waals surface area (Å²) in [5.74, 6) is 1.26. The van der Waals surface area contributed by atoms with Gasteiger partial charge in [-0.3, -0.25) is 4.57 Å². The van der Waals surface area contributed by atoms with E-state index < -0.39 is 6.04 Å². The molecule has 1 atom stereocenters. The number of phenolic OH excluding ortho intramolecular Hbond substituents is 1. The number of hydrogen-bond donors (Lipinski definition) is 3. The van der Waals surface area contributed by atoms with Crippen molar-refractivity contribution in [1.29, 1.82) is 5.26 Å². The van der Waals surface area contributed by atoms with Gasteiger partial charge in [0.2, 0.25) is 5.95 Å². The predicted molar refractivity (Wildman–Crippen MR) is 93.8 cm³/mol. The third-order valence-corrected chi connectivity index (χ3v) is 4.30. The van der Waals surface area contributed by atoms with E-state index in [-0.39, 0.29) is 5.75 Å². The minimum atomic E-state index is -0.483. The summed E-state index contributed by atoms with van der Waals surface area (Å²) in [7, 11) is 1.47. The number of nitrogens with one attached hydrogen (secondary N) is 1. The van der Waals surface area contributed by atoms with E-state index in [1.165, 1.54) is 13.2 Å². The average molecular weight is 333 g/mol. The third kappa shape index (κ3) is 2.16. The third-order valence-electron chi connectivity index (χ3n) is 4.30. The van der Waals surface area contributed by atoms with Crippen LogP contribution in [0.25, 0.3) is 16.9 Å². The Morgan fingerprint density at radius 1 is 1.32 bits per heavy atom. The summed E-state index contributed by atoms with van der Waals surface area (Å²) in [6, 6.07) is 14.2. The number of benzene rings is 2. The summed E-state index contributed by atoms with van der Waals surface area (Å²) in [6.07, 6.45) is 0. The predicted octanol–water partition coefficient (Wildman–Crippen LogP) is 2.57. The van der Waals surface area contributed by atoms with E-state index in [1.807, 2.05) is 24.3 Å². The van der Waals surface area contributed by atoms with E-state index in [1.54, 1.807) is 16.7 Å². The van der Waals surface area contributed by atoms with Crippen molar-refractivity contribution >= 4 is 22.8 Å². The molecule has 4 N–H and O–H groups in total. The fourth-order valence-electron chi connectivity index (χ4n) is 3.08. The van der Waals surface area contributed by atoms with Gasteiger partial charge in [0.15, 0.2) is 11.5 Å². The normalized spacial score (nSPS) is 16.2. The summed E-state index contributed by atoms with van der Waals surface area (Å²) in [4.78, 5) is 4.56. The van der Waals surface area contributed by atoms with Gasteiger partial charge in [-0.05, 0) is 29.8 Å². The second-order valence-corrected chi connectivity index (χ2v) is 5.68. The van der Waals surface area contributed by atoms with Crippen molar-refractivity contribution in [2.24, 2.45) is 5.73 Å². The number of nitrogens with two attached hydrogens (primary N) is 1. The van der Waals surface area contributed by atoms with Gasteiger partial charge in [0.05, 0.1) is 29.8 Å². The number of ether oxygens (including phenoxy) is 1. The zero-order valence-electron chi connectivity index (χ0n) is 13.4. The van der Waals surface area contributed by atoms with Gasteiger partial charge in [0.1, 0.15) is 11.9 Å². The first kappa shape index (κ1) is 14.9. The lowest BCUT2D eigenvalue weighted by Gasteiger charge is -2.27. The summed E-state index contributed by atoms with van der Waals surface area (Å²) in [5, 5.41) is 22.7. The second kappa shape index (κ2) is 5.46. The van der Waals surface area contributed by atoms with Gasteiger partial charge < -0.3 is 20.9 Å². The second-order valence-electron chi connectivity index (χ2n) is 5.68. The summed E-state index contributed by atoms with van der Waals surface area (Å²) in [5.41, 5.74) is 9.04. The Hall–Kier alpha value is -3.66. The van der Waals surface area contributed by atoms with Crippen LogP contribution in [0.1, 0.15) is 11.6 Å². The van der Waals surface area contributed by atoms with Crippen molar-refractivity contribution in [3.05, 3.63) is 53.6 Å². The summed E-state index contributed by atoms with van der Waals surface area (Å²) in [6.45, 7) is 0. The molecule has 0 radical (unpaired) electrons. The molecule has 1 aromatic heterocycles. The fraction of sp³-hybridized carbons (Fsp3) is 0.111. The number of aromatic hydroxyl groups is 1. The molecule has 0 spiro atoms. The summed E-state index contributed by atoms with van der Waals surface area (Å²) < 4.78 is 6.90. The molecule has 2 heterocycles. The molecule has 2 aromatic carbocycles. The Labute approximate surface area is 143 Å². The molecule has 0 unspecified atom stereocenters. The standard InChI is InChI=1S/C18H15N5O2/c1-25-15-8-10(6-7-14(15)24)16-11(9-19)17(20)23-13-5-3-2-4-12(13)21-18(23)22-16/h2-8,16,24H,20H2,1H3,(H,21,22)/t16-/m1/s1. The van der Waals surface area contributed by atoms with Gasteiger partial charge in [-0.2, -0.15) is 5.26 Å². The van der Waals surface area contributed by atoms with Crippen LogP contribution < -0.4 is 15.8 Å². The molecule has 0 bridgehead atoms. The van der Waals surface area contributed by atoms with Crippen LogP contribution in [0.4, 0.5) is 5.95 Å². The lowest BCUT2D eigenvalue weighted by molar-refractivity contribution is 0.373. The lowest BCUT2D eigenvalue weighted by Crippen LogP contribution is -2.26. The Balaban J connectivity index is 1.90. The van der Waals surface area contributed by atoms with Crippen LogP contribution in [0.2, 0.25) is 0 Å². The van der Waals surface area contributed by atoms with Crippen molar-refractivity contribution in [3.63, 3.8) is 0 Å². The highest BCUT2D eigenvalue weighted by molar-refractivity contribution is 5.85. The van der Waals surface area contributed by atoms with Gasteiger partial charge in [-0.1, -0.05) is 18.2 Å². The fourth-order valence-corrected chi connectivity index (χ4v) is 3.08. The van der Waals surface area contributed by atoms with Crippen molar-refractivity contribution in [2.45, 2.75) is 6.04 Å². The summed E-state index contributed by atoms with van der Waals surface area (Å²) >= 11 is 0. The molecule has 0 saturated heterocycles. The zero-order valence-corrected chi connectivity index (χ0v) is 13.4. The molecule has 0 aliphatic carbocycles. The van der Waals surface area contributed by atoms with E-state index in [9.17, 15) is 10.4 Å². The van der Waals surface area contributed by atoms with Crippen LogP contribution in [0.15, 0.2) is 48.0 Å². The smallest absolute Gasteiger partial charge is 0.210 e. The van der Waals surface area contributed by atoms with E-state index >= 15 is 0 Å². The molecule has 7 heteroatoms. The quantitative estimate of drug-likeness (QED) is 0.665. The first-order valence-electron chi connectivity index (χ1n) is 7.65. The number of imidazole rings is 1. The maximum absolute atomic E-state index is 9.80. The van der Waals surface area contributed by atoms with Crippen LogP contribution >= 0.6 is 0 Å². The first-order chi connectivity index (χ1) is 12.1. The van der Waals surface area contributed by atoms with Crippen molar-refractivity contribution in [3.8, 4) is 17.6 Å². The number of nitrogens with zero attached hydrogens (tertiary/aromatic N) is 3. The SMILES string of the molecule is COc1cc([C@H]2Nc3nc4ccccc4n3C(N)=C2C#N)ccc1O. The minimum absolute atomic E-state index is 0.0322. The number of hydrogen-bond acceptors (Lipinski definition) is 6. The van der Waals surface area contributed by atoms with Gasteiger partial charge in [-0.15, -0.1) is 0 Å². The van der Waals surface area contributed by atoms with Crippen LogP contribution in [0, 0.1) is 11.3 Å². The Morgan fingerprint density at radius 3 is 2.88 bits per heavy atom. The highest BCUT2D eigenvalue weighted by atomic mass is 16.5. The van der Waals surface area contributed by atoms with Crippen LogP contribution in [-0.4, -0.2) is 21.8 Å². The minimum Gasteiger partial charge on any atom is -0.504 e. The van der Waals surface area contributed by atoms with Crippen molar-refractivity contribution in [1.82, 2.24) is 9.55 Å². The van der Waals surface area contributed by atoms with E-state index in [4.69, 9.17) is 10.5 Å².